The van der Waals surface area contributed by atoms with Crippen LogP contribution in [0.2, 0.25) is 5.02 Å². The molecule has 224 valence electrons. The van der Waals surface area contributed by atoms with E-state index in [1.807, 2.05) is 12.1 Å². The van der Waals surface area contributed by atoms with Gasteiger partial charge in [0, 0.05) is 50.6 Å². The van der Waals surface area contributed by atoms with Crippen LogP contribution in [0.3, 0.4) is 0 Å². The number of hydrogen-bond donors (Lipinski definition) is 2. The second-order valence-electron chi connectivity index (χ2n) is 10.3. The third kappa shape index (κ3) is 7.35. The molecule has 4 aromatic rings. The highest BCUT2D eigenvalue weighted by molar-refractivity contribution is 7.21. The Balaban J connectivity index is 1.36. The minimum Gasteiger partial charge on any atom is -0.504 e. The summed E-state index contributed by atoms with van der Waals surface area (Å²) in [5.41, 5.74) is 0. The van der Waals surface area contributed by atoms with E-state index in [1.54, 1.807) is 50.5 Å². The van der Waals surface area contributed by atoms with Gasteiger partial charge in [0.1, 0.15) is 5.78 Å². The highest BCUT2D eigenvalue weighted by atomic mass is 35.5. The minimum absolute atomic E-state index is 0.0247. The van der Waals surface area contributed by atoms with Crippen molar-refractivity contribution in [3.63, 3.8) is 0 Å². The molecule has 0 bridgehead atoms. The molecule has 2 aromatic carbocycles. The topological polar surface area (TPSA) is 119 Å². The van der Waals surface area contributed by atoms with Crippen LogP contribution in [0.4, 0.5) is 0 Å². The Labute approximate surface area is 256 Å². The Morgan fingerprint density at radius 2 is 1.69 bits per heavy atom. The smallest absolute Gasteiger partial charge is 0.306 e. The number of carboxylic acid groups (broad SMARTS) is 1. The number of methoxy groups -OCH3 is 1. The normalized spacial score (nSPS) is 12.8. The zero-order chi connectivity index (χ0) is 30.6. The molecule has 2 N–H and O–H groups in total. The number of halogens is 1. The van der Waals surface area contributed by atoms with Crippen LogP contribution in [0, 0.1) is 11.8 Å². The molecule has 0 unspecified atom stereocenters. The summed E-state index contributed by atoms with van der Waals surface area (Å²) in [5.74, 6) is -0.492. The van der Waals surface area contributed by atoms with Gasteiger partial charge in [0.25, 0.3) is 0 Å². The molecule has 0 aliphatic heterocycles. The summed E-state index contributed by atoms with van der Waals surface area (Å²) in [6, 6.07) is 8.88. The van der Waals surface area contributed by atoms with E-state index in [4.69, 9.17) is 30.9 Å². The first-order chi connectivity index (χ1) is 20.0. The van der Waals surface area contributed by atoms with E-state index in [0.717, 1.165) is 25.0 Å². The number of aliphatic carboxylic acids is 1. The molecule has 0 aliphatic rings. The number of aromatic hydroxyl groups is 1. The number of rotatable bonds is 15. The average Bonchev–Trinajstić information content (AvgIpc) is 3.56. The molecule has 0 radical (unpaired) electrons. The lowest BCUT2D eigenvalue weighted by Gasteiger charge is -2.13. The largest absolute Gasteiger partial charge is 0.504 e. The summed E-state index contributed by atoms with van der Waals surface area (Å²) >= 11 is 9.54. The van der Waals surface area contributed by atoms with Crippen molar-refractivity contribution in [2.24, 2.45) is 11.8 Å². The molecule has 11 heteroatoms. The highest BCUT2D eigenvalue weighted by Crippen LogP contribution is 2.44. The maximum Gasteiger partial charge on any atom is 0.306 e. The fraction of sp³-hybridized carbons (Fsp3) is 0.387. The first kappa shape index (κ1) is 31.6. The van der Waals surface area contributed by atoms with Crippen molar-refractivity contribution in [2.75, 3.05) is 20.3 Å². The predicted molar refractivity (Wildman–Crippen MR) is 166 cm³/mol. The number of Topliss-reactive ketones (excluding diaryl/α,β-unsaturated/α-hetero) is 2. The molecular weight excluding hydrogens is 600 g/mol. The van der Waals surface area contributed by atoms with Crippen molar-refractivity contribution in [2.45, 2.75) is 46.5 Å². The van der Waals surface area contributed by atoms with Crippen molar-refractivity contribution in [1.82, 2.24) is 0 Å². The number of ketones is 2. The lowest BCUT2D eigenvalue weighted by molar-refractivity contribution is -0.141. The van der Waals surface area contributed by atoms with E-state index in [0.29, 0.717) is 46.4 Å². The maximum absolute atomic E-state index is 12.6. The summed E-state index contributed by atoms with van der Waals surface area (Å²) in [4.78, 5) is 36.8. The molecular formula is C31H33ClO8S2. The molecule has 2 atom stereocenters. The van der Waals surface area contributed by atoms with Crippen molar-refractivity contribution in [1.29, 1.82) is 0 Å². The fourth-order valence-electron chi connectivity index (χ4n) is 4.29. The van der Waals surface area contributed by atoms with Crippen LogP contribution in [0.25, 0.3) is 20.2 Å². The average molecular weight is 633 g/mol. The first-order valence-corrected chi connectivity index (χ1v) is 15.6. The number of thiophene rings is 2. The van der Waals surface area contributed by atoms with E-state index in [9.17, 15) is 19.5 Å². The number of carboxylic acids is 1. The van der Waals surface area contributed by atoms with Crippen LogP contribution in [-0.4, -0.2) is 48.1 Å². The predicted octanol–water partition coefficient (Wildman–Crippen LogP) is 7.78. The molecule has 8 nitrogen and oxygen atoms in total. The van der Waals surface area contributed by atoms with E-state index in [-0.39, 0.29) is 42.9 Å². The van der Waals surface area contributed by atoms with Crippen molar-refractivity contribution in [3.05, 3.63) is 45.1 Å². The number of carbonyl (C=O) groups excluding carboxylic acids is 2. The van der Waals surface area contributed by atoms with E-state index in [2.05, 4.69) is 0 Å². The van der Waals surface area contributed by atoms with Gasteiger partial charge in [-0.1, -0.05) is 25.4 Å². The fourth-order valence-corrected chi connectivity index (χ4v) is 6.79. The number of aryl methyl sites for hydroxylation is 1. The second-order valence-corrected chi connectivity index (χ2v) is 12.9. The molecule has 0 fully saturated rings. The number of phenolic OH excluding ortho intramolecular Hbond substituents is 1. The Hall–Kier alpha value is -3.34. The summed E-state index contributed by atoms with van der Waals surface area (Å²) in [5, 5.41) is 21.7. The quantitative estimate of drug-likeness (QED) is 0.101. The van der Waals surface area contributed by atoms with Crippen LogP contribution in [0.15, 0.2) is 30.3 Å². The van der Waals surface area contributed by atoms with Gasteiger partial charge >= 0.3 is 5.97 Å². The number of fused-ring (bicyclic) bond motifs is 2. The van der Waals surface area contributed by atoms with Gasteiger partial charge < -0.3 is 24.4 Å². The molecule has 0 amide bonds. The lowest BCUT2D eigenvalue weighted by Crippen LogP contribution is -2.11. The van der Waals surface area contributed by atoms with Crippen LogP contribution >= 0.6 is 34.3 Å². The van der Waals surface area contributed by atoms with Gasteiger partial charge in [-0.15, -0.1) is 22.7 Å². The Bertz CT molecular complexity index is 1620. The van der Waals surface area contributed by atoms with Crippen LogP contribution in [0.5, 0.6) is 23.0 Å². The molecule has 0 saturated carbocycles. The summed E-state index contributed by atoms with van der Waals surface area (Å²) in [6.07, 6.45) is 1.82. The third-order valence-electron chi connectivity index (χ3n) is 7.05. The molecule has 0 saturated heterocycles. The summed E-state index contributed by atoms with van der Waals surface area (Å²) < 4.78 is 19.0. The number of benzene rings is 2. The van der Waals surface area contributed by atoms with E-state index < -0.39 is 11.9 Å². The van der Waals surface area contributed by atoms with Gasteiger partial charge in [0.15, 0.2) is 28.8 Å². The Morgan fingerprint density at radius 1 is 0.952 bits per heavy atom. The molecule has 42 heavy (non-hydrogen) atoms. The van der Waals surface area contributed by atoms with E-state index in [1.165, 1.54) is 18.3 Å². The van der Waals surface area contributed by atoms with Gasteiger partial charge in [0.2, 0.25) is 0 Å². The Kier molecular flexibility index (Phi) is 10.3. The maximum atomic E-state index is 12.6. The van der Waals surface area contributed by atoms with E-state index >= 15 is 0 Å². The molecule has 2 aromatic heterocycles. The van der Waals surface area contributed by atoms with Gasteiger partial charge in [-0.25, -0.2) is 0 Å². The van der Waals surface area contributed by atoms with Gasteiger partial charge in [-0.2, -0.15) is 0 Å². The lowest BCUT2D eigenvalue weighted by atomic mass is 10.0. The summed E-state index contributed by atoms with van der Waals surface area (Å²) in [6.45, 7) is 5.46. The molecule has 2 heterocycles. The number of hydrogen-bond acceptors (Lipinski definition) is 9. The molecule has 0 spiro atoms. The molecule has 4 rings (SSSR count). The van der Waals surface area contributed by atoms with Crippen molar-refractivity contribution < 1.29 is 38.8 Å². The minimum atomic E-state index is -0.810. The first-order valence-electron chi connectivity index (χ1n) is 13.6. The van der Waals surface area contributed by atoms with Crippen LogP contribution in [-0.2, 0) is 16.0 Å². The van der Waals surface area contributed by atoms with Gasteiger partial charge in [-0.05, 0) is 43.4 Å². The zero-order valence-electron chi connectivity index (χ0n) is 23.8. The van der Waals surface area contributed by atoms with Gasteiger partial charge in [-0.3, -0.25) is 14.4 Å². The molecule has 0 aliphatic carbocycles. The standard InChI is InChI=1S/C31H33ClO8S2/c1-16(31(36)37)6-7-20-13-21-27(41-20)15-25(38-4)30(29(21)32)40-9-5-8-39-24-11-19-12-28(42-26(19)14-22(24)34)23(35)10-17(2)18(3)33/h11-17,34H,5-10H2,1-4H3,(H,36,37)/t16-,17-/m0/s1. The van der Waals surface area contributed by atoms with Crippen molar-refractivity contribution in [3.8, 4) is 23.0 Å². The van der Waals surface area contributed by atoms with Crippen molar-refractivity contribution >= 4 is 72.0 Å². The monoisotopic (exact) mass is 632 g/mol. The van der Waals surface area contributed by atoms with Gasteiger partial charge in [0.05, 0.1) is 36.1 Å². The summed E-state index contributed by atoms with van der Waals surface area (Å²) in [7, 11) is 1.54. The zero-order valence-corrected chi connectivity index (χ0v) is 26.2. The number of ether oxygens (including phenoxy) is 3. The second kappa shape index (κ2) is 13.8. The number of carbonyl (C=O) groups is 3. The van der Waals surface area contributed by atoms with Crippen LogP contribution in [0.1, 0.15) is 54.6 Å². The highest BCUT2D eigenvalue weighted by Gasteiger charge is 2.20. The third-order valence-corrected chi connectivity index (χ3v) is 9.71. The number of phenols is 1. The Morgan fingerprint density at radius 3 is 2.38 bits per heavy atom. The SMILES string of the molecule is COc1cc2sc(CC[C@H](C)C(=O)O)cc2c(Cl)c1OCCCOc1cc2cc(C(=O)C[C@H](C)C(C)=O)sc2cc1O. The van der Waals surface area contributed by atoms with Crippen LogP contribution < -0.4 is 14.2 Å².